The van der Waals surface area contributed by atoms with E-state index in [0.717, 1.165) is 16.7 Å². The van der Waals surface area contributed by atoms with Gasteiger partial charge in [0.05, 0.1) is 16.7 Å². The first kappa shape index (κ1) is 45.6. The fraction of sp³-hybridized carbons (Fsp3) is 0.176. The second-order valence-electron chi connectivity index (χ2n) is 15.5. The monoisotopic (exact) mass is 888 g/mol. The summed E-state index contributed by atoms with van der Waals surface area (Å²) in [5, 5.41) is 8.64. The number of ether oxygens (including phenoxy) is 3. The number of nitrogens with zero attached hydrogens (tertiary/aromatic N) is 3. The summed E-state index contributed by atoms with van der Waals surface area (Å²) in [6.07, 6.45) is 4.45. The number of pyridine rings is 3. The second kappa shape index (κ2) is 21.3. The molecule has 336 valence electrons. The van der Waals surface area contributed by atoms with Crippen molar-refractivity contribution in [2.24, 2.45) is 21.1 Å². The van der Waals surface area contributed by atoms with Crippen molar-refractivity contribution in [3.63, 3.8) is 0 Å². The normalized spacial score (nSPS) is 10.8. The van der Waals surface area contributed by atoms with Gasteiger partial charge in [-0.05, 0) is 51.6 Å². The molecule has 3 aromatic heterocycles. The predicted molar refractivity (Wildman–Crippen MR) is 247 cm³/mol. The lowest BCUT2D eigenvalue weighted by molar-refractivity contribution is 0.0938. The van der Waals surface area contributed by atoms with Gasteiger partial charge in [-0.15, -0.1) is 0 Å². The summed E-state index contributed by atoms with van der Waals surface area (Å²) in [6, 6.07) is 37.6. The Morgan fingerprint density at radius 2 is 0.652 bits per heavy atom. The van der Waals surface area contributed by atoms with Crippen LogP contribution in [0.5, 0.6) is 17.2 Å². The number of rotatable bonds is 18. The van der Waals surface area contributed by atoms with Crippen molar-refractivity contribution in [2.75, 3.05) is 0 Å². The maximum absolute atomic E-state index is 13.8. The number of benzene rings is 4. The molecular formula is C51H48N6O9. The van der Waals surface area contributed by atoms with Crippen LogP contribution in [0.1, 0.15) is 64.5 Å². The Morgan fingerprint density at radius 3 is 0.909 bits per heavy atom. The Labute approximate surface area is 379 Å². The molecule has 15 heteroatoms. The van der Waals surface area contributed by atoms with Gasteiger partial charge in [-0.1, -0.05) is 109 Å². The number of carbonyl (C=O) groups is 3. The van der Waals surface area contributed by atoms with Crippen LogP contribution >= 0.6 is 0 Å². The maximum atomic E-state index is 13.8. The maximum Gasteiger partial charge on any atom is 0.293 e. The van der Waals surface area contributed by atoms with E-state index in [1.165, 1.54) is 50.5 Å². The van der Waals surface area contributed by atoms with E-state index in [1.54, 1.807) is 39.3 Å². The largest absolute Gasteiger partial charge is 0.482 e. The quantitative estimate of drug-likeness (QED) is 0.103. The van der Waals surface area contributed by atoms with Crippen LogP contribution in [0.3, 0.4) is 0 Å². The minimum absolute atomic E-state index is 0.0205. The Bertz CT molecular complexity index is 2700. The van der Waals surface area contributed by atoms with E-state index in [2.05, 4.69) is 16.0 Å². The molecule has 0 saturated carbocycles. The van der Waals surface area contributed by atoms with Crippen LogP contribution < -0.4 is 46.8 Å². The number of amides is 3. The molecule has 4 aromatic carbocycles. The highest BCUT2D eigenvalue weighted by molar-refractivity contribution is 5.98. The van der Waals surface area contributed by atoms with Crippen molar-refractivity contribution in [1.82, 2.24) is 29.7 Å². The summed E-state index contributed by atoms with van der Waals surface area (Å²) >= 11 is 0. The topological polar surface area (TPSA) is 181 Å². The van der Waals surface area contributed by atoms with Crippen LogP contribution in [0.2, 0.25) is 0 Å². The Hall–Kier alpha value is -8.46. The summed E-state index contributed by atoms with van der Waals surface area (Å²) in [4.78, 5) is 80.8. The fourth-order valence-corrected chi connectivity index (χ4v) is 6.94. The highest BCUT2D eigenvalue weighted by Crippen LogP contribution is 2.20. The second-order valence-corrected chi connectivity index (χ2v) is 15.5. The van der Waals surface area contributed by atoms with Crippen LogP contribution in [-0.4, -0.2) is 31.4 Å². The molecule has 7 aromatic rings. The van der Waals surface area contributed by atoms with Gasteiger partial charge in [-0.2, -0.15) is 0 Å². The first-order valence-corrected chi connectivity index (χ1v) is 21.0. The van der Waals surface area contributed by atoms with E-state index in [9.17, 15) is 28.8 Å². The first-order chi connectivity index (χ1) is 31.9. The molecular weight excluding hydrogens is 841 g/mol. The predicted octanol–water partition coefficient (Wildman–Crippen LogP) is 5.31. The van der Waals surface area contributed by atoms with Gasteiger partial charge in [0.25, 0.3) is 34.4 Å². The van der Waals surface area contributed by atoms with E-state index in [0.29, 0.717) is 16.7 Å². The fourth-order valence-electron chi connectivity index (χ4n) is 6.94. The number of hydrogen-bond donors (Lipinski definition) is 3. The van der Waals surface area contributed by atoms with Crippen LogP contribution in [0.4, 0.5) is 0 Å². The number of hydrogen-bond acceptors (Lipinski definition) is 9. The van der Waals surface area contributed by atoms with Gasteiger partial charge in [0, 0.05) is 59.4 Å². The van der Waals surface area contributed by atoms with Gasteiger partial charge >= 0.3 is 0 Å². The third-order valence-corrected chi connectivity index (χ3v) is 10.6. The minimum Gasteiger partial charge on any atom is -0.482 e. The average Bonchev–Trinajstić information content (AvgIpc) is 3.34. The summed E-state index contributed by atoms with van der Waals surface area (Å²) in [5.41, 5.74) is 2.91. The van der Waals surface area contributed by atoms with Gasteiger partial charge in [-0.25, -0.2) is 0 Å². The molecule has 3 heterocycles. The third kappa shape index (κ3) is 11.4. The molecule has 0 bridgehead atoms. The molecule has 0 aliphatic heterocycles. The van der Waals surface area contributed by atoms with Crippen molar-refractivity contribution >= 4 is 17.7 Å². The van der Waals surface area contributed by atoms with E-state index in [-0.39, 0.29) is 73.4 Å². The van der Waals surface area contributed by atoms with Crippen molar-refractivity contribution < 1.29 is 28.6 Å². The zero-order chi connectivity index (χ0) is 46.6. The molecule has 0 radical (unpaired) electrons. The average molecular weight is 889 g/mol. The lowest BCUT2D eigenvalue weighted by Crippen LogP contribution is -2.29. The van der Waals surface area contributed by atoms with E-state index in [4.69, 9.17) is 14.2 Å². The highest BCUT2D eigenvalue weighted by Gasteiger charge is 2.21. The molecule has 66 heavy (non-hydrogen) atoms. The molecule has 0 atom stereocenters. The van der Waals surface area contributed by atoms with Gasteiger partial charge in [0.1, 0.15) is 19.8 Å². The van der Waals surface area contributed by atoms with Crippen molar-refractivity contribution in [3.8, 4) is 17.2 Å². The summed E-state index contributed by atoms with van der Waals surface area (Å²) in [6.45, 7) is 0.146. The molecule has 0 aliphatic carbocycles. The Morgan fingerprint density at radius 1 is 0.394 bits per heavy atom. The van der Waals surface area contributed by atoms with E-state index < -0.39 is 34.4 Å². The van der Waals surface area contributed by atoms with Gasteiger partial charge in [0.15, 0.2) is 17.2 Å². The smallest absolute Gasteiger partial charge is 0.293 e. The number of carbonyl (C=O) groups excluding carboxylic acids is 3. The molecule has 0 saturated heterocycles. The molecule has 0 aliphatic rings. The van der Waals surface area contributed by atoms with E-state index >= 15 is 0 Å². The SMILES string of the molecule is Cn1ccc(C(=O)NCc2cc(CNC(=O)c3ccn(C)c(=O)c3OCc3ccccc3)cc(CNC(=O)c3ccn(C)c(=O)c3OCc3ccccc3)c2)c(OCc2ccccc2)c1=O. The van der Waals surface area contributed by atoms with Crippen LogP contribution in [0, 0.1) is 0 Å². The molecule has 0 spiro atoms. The molecule has 3 N–H and O–H groups in total. The number of aryl methyl sites for hydroxylation is 3. The van der Waals surface area contributed by atoms with Crippen molar-refractivity contribution in [2.45, 2.75) is 39.5 Å². The minimum atomic E-state index is -0.563. The molecule has 7 rings (SSSR count). The van der Waals surface area contributed by atoms with Gasteiger partial charge in [0.2, 0.25) is 0 Å². The highest BCUT2D eigenvalue weighted by atomic mass is 16.5. The van der Waals surface area contributed by atoms with Crippen LogP contribution in [0.15, 0.2) is 160 Å². The summed E-state index contributed by atoms with van der Waals surface area (Å²) in [5.74, 6) is -2.00. The summed E-state index contributed by atoms with van der Waals surface area (Å²) in [7, 11) is 4.70. The molecule has 0 fully saturated rings. The number of nitrogens with one attached hydrogen (secondary N) is 3. The van der Waals surface area contributed by atoms with Crippen LogP contribution in [0.25, 0.3) is 0 Å². The standard InChI is InChI=1S/C51H48N6O9/c1-55-22-19-40(43(49(55)61)64-31-34-13-7-4-8-14-34)46(58)52-28-37-25-38(29-53-47(59)41-20-23-56(2)50(62)44(41)65-32-35-15-9-5-10-16-35)27-39(26-37)30-54-48(60)42-21-24-57(3)51(63)45(42)66-33-36-17-11-6-12-18-36/h4-27H,28-33H2,1-3H3,(H,52,58)(H,53,59)(H,54,60). The van der Waals surface area contributed by atoms with E-state index in [1.807, 2.05) is 91.0 Å². The molecule has 0 unspecified atom stereocenters. The lowest BCUT2D eigenvalue weighted by Gasteiger charge is -2.16. The molecule has 15 nitrogen and oxygen atoms in total. The first-order valence-electron chi connectivity index (χ1n) is 21.0. The van der Waals surface area contributed by atoms with Gasteiger partial charge < -0.3 is 43.9 Å². The van der Waals surface area contributed by atoms with Gasteiger partial charge in [-0.3, -0.25) is 28.8 Å². The zero-order valence-corrected chi connectivity index (χ0v) is 36.6. The van der Waals surface area contributed by atoms with Crippen molar-refractivity contribution in [1.29, 1.82) is 0 Å². The molecule has 3 amide bonds. The lowest BCUT2D eigenvalue weighted by atomic mass is 10.0. The third-order valence-electron chi connectivity index (χ3n) is 10.6. The zero-order valence-electron chi connectivity index (χ0n) is 36.6. The Kier molecular flexibility index (Phi) is 14.7. The number of aromatic nitrogens is 3. The van der Waals surface area contributed by atoms with Crippen molar-refractivity contribution in [3.05, 3.63) is 227 Å². The summed E-state index contributed by atoms with van der Waals surface area (Å²) < 4.78 is 21.7. The van der Waals surface area contributed by atoms with Crippen LogP contribution in [-0.2, 0) is 60.6 Å². The Balaban J connectivity index is 1.12.